The molecule has 0 radical (unpaired) electrons. The number of ether oxygens (including phenoxy) is 2. The van der Waals surface area contributed by atoms with Crippen LogP contribution in [0.4, 0.5) is 10.1 Å². The Hall–Kier alpha value is -3.01. The van der Waals surface area contributed by atoms with Crippen molar-refractivity contribution in [3.63, 3.8) is 0 Å². The van der Waals surface area contributed by atoms with Gasteiger partial charge in [0.15, 0.2) is 11.5 Å². The van der Waals surface area contributed by atoms with E-state index in [1.165, 1.54) is 12.1 Å². The van der Waals surface area contributed by atoms with E-state index in [9.17, 15) is 4.39 Å². The van der Waals surface area contributed by atoms with Gasteiger partial charge in [-0.1, -0.05) is 60.7 Å². The van der Waals surface area contributed by atoms with Gasteiger partial charge in [0.05, 0.1) is 0 Å². The lowest BCUT2D eigenvalue weighted by atomic mass is 10.2. The van der Waals surface area contributed by atoms with Crippen LogP contribution >= 0.6 is 0 Å². The molecule has 24 heavy (non-hydrogen) atoms. The molecule has 0 bridgehead atoms. The maximum absolute atomic E-state index is 14.6. The molecule has 0 saturated heterocycles. The summed E-state index contributed by atoms with van der Waals surface area (Å²) in [5.41, 5.74) is 8.13. The van der Waals surface area contributed by atoms with E-state index in [1.807, 2.05) is 60.7 Å². The van der Waals surface area contributed by atoms with Gasteiger partial charge >= 0.3 is 0 Å². The Labute approximate surface area is 140 Å². The van der Waals surface area contributed by atoms with Crippen LogP contribution in [0.5, 0.6) is 11.5 Å². The second-order valence-corrected chi connectivity index (χ2v) is 5.38. The Bertz CT molecular complexity index is 727. The molecule has 0 heterocycles. The fourth-order valence-electron chi connectivity index (χ4n) is 2.27. The van der Waals surface area contributed by atoms with Crippen molar-refractivity contribution in [2.75, 3.05) is 5.73 Å². The highest BCUT2D eigenvalue weighted by molar-refractivity contribution is 5.51. The fourth-order valence-corrected chi connectivity index (χ4v) is 2.27. The molecule has 0 fully saturated rings. The van der Waals surface area contributed by atoms with Crippen molar-refractivity contribution in [1.82, 2.24) is 0 Å². The number of hydrogen-bond donors (Lipinski definition) is 1. The van der Waals surface area contributed by atoms with Crippen molar-refractivity contribution in [2.24, 2.45) is 0 Å². The molecule has 3 aromatic rings. The van der Waals surface area contributed by atoms with Gasteiger partial charge in [-0.15, -0.1) is 0 Å². The third-order valence-corrected chi connectivity index (χ3v) is 3.50. The molecule has 3 nitrogen and oxygen atoms in total. The number of rotatable bonds is 6. The van der Waals surface area contributed by atoms with E-state index >= 15 is 0 Å². The van der Waals surface area contributed by atoms with Gasteiger partial charge in [0.1, 0.15) is 13.2 Å². The first-order valence-electron chi connectivity index (χ1n) is 7.65. The lowest BCUT2D eigenvalue weighted by Crippen LogP contribution is -2.02. The quantitative estimate of drug-likeness (QED) is 0.676. The molecule has 3 aromatic carbocycles. The lowest BCUT2D eigenvalue weighted by Gasteiger charge is -2.13. The summed E-state index contributed by atoms with van der Waals surface area (Å²) in [5, 5.41) is 0. The molecule has 0 amide bonds. The standard InChI is InChI=1S/C20H18FNO2/c21-20-18(23-13-15-7-3-1-4-8-15)11-17(22)12-19(20)24-14-16-9-5-2-6-10-16/h1-12H,13-14,22H2. The molecule has 0 aliphatic rings. The third kappa shape index (κ3) is 4.04. The van der Waals surface area contributed by atoms with Gasteiger partial charge in [-0.3, -0.25) is 0 Å². The Balaban J connectivity index is 1.72. The van der Waals surface area contributed by atoms with Crippen molar-refractivity contribution in [3.05, 3.63) is 89.7 Å². The van der Waals surface area contributed by atoms with E-state index in [0.717, 1.165) is 11.1 Å². The maximum atomic E-state index is 14.6. The maximum Gasteiger partial charge on any atom is 0.207 e. The molecule has 4 heteroatoms. The normalized spacial score (nSPS) is 10.4. The molecule has 0 saturated carbocycles. The fraction of sp³-hybridized carbons (Fsp3) is 0.100. The lowest BCUT2D eigenvalue weighted by molar-refractivity contribution is 0.263. The molecule has 3 rings (SSSR count). The summed E-state index contributed by atoms with van der Waals surface area (Å²) in [6.07, 6.45) is 0. The molecule has 0 aromatic heterocycles. The Morgan fingerprint density at radius 1 is 0.708 bits per heavy atom. The minimum atomic E-state index is -0.545. The highest BCUT2D eigenvalue weighted by atomic mass is 19.1. The second-order valence-electron chi connectivity index (χ2n) is 5.38. The van der Waals surface area contributed by atoms with Crippen LogP contribution in [0, 0.1) is 5.82 Å². The molecule has 2 N–H and O–H groups in total. The molecule has 0 unspecified atom stereocenters. The summed E-state index contributed by atoms with van der Waals surface area (Å²) < 4.78 is 25.7. The van der Waals surface area contributed by atoms with Crippen molar-refractivity contribution >= 4 is 5.69 Å². The zero-order chi connectivity index (χ0) is 16.8. The van der Waals surface area contributed by atoms with Crippen molar-refractivity contribution in [3.8, 4) is 11.5 Å². The van der Waals surface area contributed by atoms with Gasteiger partial charge in [0.25, 0.3) is 0 Å². The van der Waals surface area contributed by atoms with Gasteiger partial charge in [-0.2, -0.15) is 4.39 Å². The predicted molar refractivity (Wildman–Crippen MR) is 92.4 cm³/mol. The van der Waals surface area contributed by atoms with E-state index in [2.05, 4.69) is 0 Å². The number of benzene rings is 3. The highest BCUT2D eigenvalue weighted by Crippen LogP contribution is 2.31. The van der Waals surface area contributed by atoms with Crippen molar-refractivity contribution < 1.29 is 13.9 Å². The number of nitrogens with two attached hydrogens (primary N) is 1. The number of nitrogen functional groups attached to an aromatic ring is 1. The van der Waals surface area contributed by atoms with Gasteiger partial charge in [-0.25, -0.2) is 0 Å². The van der Waals surface area contributed by atoms with E-state index in [4.69, 9.17) is 15.2 Å². The largest absolute Gasteiger partial charge is 0.486 e. The van der Waals surface area contributed by atoms with Gasteiger partial charge in [0, 0.05) is 17.8 Å². The van der Waals surface area contributed by atoms with E-state index in [0.29, 0.717) is 5.69 Å². The van der Waals surface area contributed by atoms with Crippen LogP contribution in [0.2, 0.25) is 0 Å². The van der Waals surface area contributed by atoms with Crippen molar-refractivity contribution in [2.45, 2.75) is 13.2 Å². The molecule has 122 valence electrons. The molecular formula is C20H18FNO2. The van der Waals surface area contributed by atoms with E-state index in [1.54, 1.807) is 0 Å². The van der Waals surface area contributed by atoms with Gasteiger partial charge in [-0.05, 0) is 11.1 Å². The third-order valence-electron chi connectivity index (χ3n) is 3.50. The summed E-state index contributed by atoms with van der Waals surface area (Å²) in [6, 6.07) is 22.0. The van der Waals surface area contributed by atoms with Gasteiger partial charge in [0.2, 0.25) is 5.82 Å². The Morgan fingerprint density at radius 2 is 1.12 bits per heavy atom. The Kier molecular flexibility index (Phi) is 4.96. The average Bonchev–Trinajstić information content (AvgIpc) is 2.62. The average molecular weight is 323 g/mol. The topological polar surface area (TPSA) is 44.5 Å². The molecule has 0 aliphatic carbocycles. The smallest absolute Gasteiger partial charge is 0.207 e. The van der Waals surface area contributed by atoms with E-state index < -0.39 is 5.82 Å². The van der Waals surface area contributed by atoms with Crippen LogP contribution in [0.25, 0.3) is 0 Å². The van der Waals surface area contributed by atoms with Crippen molar-refractivity contribution in [1.29, 1.82) is 0 Å². The van der Waals surface area contributed by atoms with Crippen LogP contribution in [0.1, 0.15) is 11.1 Å². The zero-order valence-electron chi connectivity index (χ0n) is 13.1. The number of halogens is 1. The molecule has 0 aliphatic heterocycles. The first kappa shape index (κ1) is 15.9. The summed E-state index contributed by atoms with van der Waals surface area (Å²) in [4.78, 5) is 0. The second kappa shape index (κ2) is 7.51. The van der Waals surface area contributed by atoms with Crippen LogP contribution in [0.3, 0.4) is 0 Å². The summed E-state index contributed by atoms with van der Waals surface area (Å²) in [7, 11) is 0. The Morgan fingerprint density at radius 3 is 1.54 bits per heavy atom. The SMILES string of the molecule is Nc1cc(OCc2ccccc2)c(F)c(OCc2ccccc2)c1. The molecular weight excluding hydrogens is 305 g/mol. The first-order chi connectivity index (χ1) is 11.7. The van der Waals surface area contributed by atoms with E-state index in [-0.39, 0.29) is 24.7 Å². The highest BCUT2D eigenvalue weighted by Gasteiger charge is 2.13. The number of hydrogen-bond acceptors (Lipinski definition) is 3. The van der Waals surface area contributed by atoms with Gasteiger partial charge < -0.3 is 15.2 Å². The van der Waals surface area contributed by atoms with Crippen LogP contribution in [-0.4, -0.2) is 0 Å². The predicted octanol–water partition coefficient (Wildman–Crippen LogP) is 4.57. The summed E-state index contributed by atoms with van der Waals surface area (Å²) in [6.45, 7) is 0.526. The molecule has 0 spiro atoms. The van der Waals surface area contributed by atoms with Crippen LogP contribution in [-0.2, 0) is 13.2 Å². The summed E-state index contributed by atoms with van der Waals surface area (Å²) in [5.74, 6) is -0.375. The minimum Gasteiger partial charge on any atom is -0.486 e. The monoisotopic (exact) mass is 323 g/mol. The first-order valence-corrected chi connectivity index (χ1v) is 7.65. The molecule has 0 atom stereocenters. The summed E-state index contributed by atoms with van der Waals surface area (Å²) >= 11 is 0. The zero-order valence-corrected chi connectivity index (χ0v) is 13.1. The minimum absolute atomic E-state index is 0.0851. The van der Waals surface area contributed by atoms with Crippen LogP contribution in [0.15, 0.2) is 72.8 Å². The van der Waals surface area contributed by atoms with Crippen LogP contribution < -0.4 is 15.2 Å². The number of anilines is 1.